The number of anilines is 1. The Balaban J connectivity index is 1.78. The van der Waals surface area contributed by atoms with Gasteiger partial charge in [-0.15, -0.1) is 0 Å². The lowest BCUT2D eigenvalue weighted by atomic mass is 10.1. The van der Waals surface area contributed by atoms with Gasteiger partial charge < -0.3 is 15.8 Å². The first kappa shape index (κ1) is 18.4. The number of nitrogens with one attached hydrogen (secondary N) is 1. The molecule has 7 heteroatoms. The van der Waals surface area contributed by atoms with Gasteiger partial charge in [-0.3, -0.25) is 14.5 Å². The van der Waals surface area contributed by atoms with E-state index in [4.69, 9.17) is 10.5 Å². The van der Waals surface area contributed by atoms with Gasteiger partial charge in [0.2, 0.25) is 5.91 Å². The molecule has 2 rings (SSSR count). The number of hydrogen-bond acceptors (Lipinski definition) is 4. The first-order valence-electron chi connectivity index (χ1n) is 7.71. The highest BCUT2D eigenvalue weighted by molar-refractivity contribution is 6.03. The Morgan fingerprint density at radius 1 is 1.16 bits per heavy atom. The SMILES string of the molecule is CN(CCOc1ccc(F)cc1)CC(=O)Nc1ccccc1C(N)=O. The number of nitrogens with zero attached hydrogens (tertiary/aromatic N) is 1. The van der Waals surface area contributed by atoms with Crippen molar-refractivity contribution in [3.05, 3.63) is 59.9 Å². The molecule has 0 spiro atoms. The fraction of sp³-hybridized carbons (Fsp3) is 0.222. The number of primary amides is 1. The summed E-state index contributed by atoms with van der Waals surface area (Å²) in [6.07, 6.45) is 0. The maximum absolute atomic E-state index is 12.8. The fourth-order valence-corrected chi connectivity index (χ4v) is 2.17. The van der Waals surface area contributed by atoms with Gasteiger partial charge in [-0.1, -0.05) is 12.1 Å². The first-order chi connectivity index (χ1) is 12.0. The van der Waals surface area contributed by atoms with E-state index in [9.17, 15) is 14.0 Å². The number of rotatable bonds is 8. The van der Waals surface area contributed by atoms with E-state index in [-0.39, 0.29) is 23.8 Å². The second-order valence-electron chi connectivity index (χ2n) is 5.50. The van der Waals surface area contributed by atoms with Crippen molar-refractivity contribution in [1.82, 2.24) is 4.90 Å². The van der Waals surface area contributed by atoms with Gasteiger partial charge in [0.15, 0.2) is 0 Å². The van der Waals surface area contributed by atoms with Crippen LogP contribution in [0.3, 0.4) is 0 Å². The van der Waals surface area contributed by atoms with Crippen molar-refractivity contribution in [3.8, 4) is 5.75 Å². The predicted octanol–water partition coefficient (Wildman–Crippen LogP) is 1.87. The molecule has 0 saturated heterocycles. The summed E-state index contributed by atoms with van der Waals surface area (Å²) >= 11 is 0. The number of hydrogen-bond donors (Lipinski definition) is 2. The smallest absolute Gasteiger partial charge is 0.250 e. The third-order valence-corrected chi connectivity index (χ3v) is 3.44. The van der Waals surface area contributed by atoms with Gasteiger partial charge in [0.05, 0.1) is 17.8 Å². The monoisotopic (exact) mass is 345 g/mol. The summed E-state index contributed by atoms with van der Waals surface area (Å²) in [5.41, 5.74) is 5.93. The topological polar surface area (TPSA) is 84.7 Å². The number of ether oxygens (including phenoxy) is 1. The van der Waals surface area contributed by atoms with Crippen molar-refractivity contribution in [1.29, 1.82) is 0 Å². The Morgan fingerprint density at radius 3 is 2.52 bits per heavy atom. The molecule has 6 nitrogen and oxygen atoms in total. The van der Waals surface area contributed by atoms with Crippen LogP contribution in [0, 0.1) is 5.82 Å². The molecular weight excluding hydrogens is 325 g/mol. The molecule has 0 aliphatic rings. The highest BCUT2D eigenvalue weighted by Crippen LogP contribution is 2.14. The number of benzene rings is 2. The zero-order valence-electron chi connectivity index (χ0n) is 13.9. The van der Waals surface area contributed by atoms with Crippen molar-refractivity contribution in [2.45, 2.75) is 0 Å². The number of likely N-dealkylation sites (N-methyl/N-ethyl adjacent to an activating group) is 1. The number of carbonyl (C=O) groups excluding carboxylic acids is 2. The maximum Gasteiger partial charge on any atom is 0.250 e. The summed E-state index contributed by atoms with van der Waals surface area (Å²) < 4.78 is 18.3. The van der Waals surface area contributed by atoms with Crippen LogP contribution in [0.5, 0.6) is 5.75 Å². The van der Waals surface area contributed by atoms with E-state index < -0.39 is 5.91 Å². The molecule has 2 aromatic rings. The first-order valence-corrected chi connectivity index (χ1v) is 7.71. The van der Waals surface area contributed by atoms with E-state index in [1.807, 2.05) is 0 Å². The van der Waals surface area contributed by atoms with Crippen LogP contribution in [0.2, 0.25) is 0 Å². The zero-order valence-corrected chi connectivity index (χ0v) is 13.9. The summed E-state index contributed by atoms with van der Waals surface area (Å²) in [5.74, 6) is -0.623. The Kier molecular flexibility index (Phi) is 6.47. The summed E-state index contributed by atoms with van der Waals surface area (Å²) in [7, 11) is 1.77. The molecule has 0 aliphatic carbocycles. The van der Waals surface area contributed by atoms with Crippen LogP contribution in [0.1, 0.15) is 10.4 Å². The number of nitrogens with two attached hydrogens (primary N) is 1. The van der Waals surface area contributed by atoms with Crippen LogP contribution in [0.15, 0.2) is 48.5 Å². The Hall–Kier alpha value is -2.93. The van der Waals surface area contributed by atoms with E-state index in [1.54, 1.807) is 48.3 Å². The minimum Gasteiger partial charge on any atom is -0.492 e. The molecule has 3 N–H and O–H groups in total. The fourth-order valence-electron chi connectivity index (χ4n) is 2.17. The molecule has 0 atom stereocenters. The van der Waals surface area contributed by atoms with Crippen molar-refractivity contribution in [2.24, 2.45) is 5.73 Å². The molecule has 0 fully saturated rings. The lowest BCUT2D eigenvalue weighted by Gasteiger charge is -2.17. The van der Waals surface area contributed by atoms with E-state index in [1.165, 1.54) is 12.1 Å². The van der Waals surface area contributed by atoms with E-state index in [0.29, 0.717) is 24.6 Å². The van der Waals surface area contributed by atoms with Crippen molar-refractivity contribution >= 4 is 17.5 Å². The van der Waals surface area contributed by atoms with Gasteiger partial charge in [0, 0.05) is 6.54 Å². The lowest BCUT2D eigenvalue weighted by Crippen LogP contribution is -2.33. The van der Waals surface area contributed by atoms with E-state index in [2.05, 4.69) is 5.32 Å². The quantitative estimate of drug-likeness (QED) is 0.765. The molecule has 25 heavy (non-hydrogen) atoms. The number of carbonyl (C=O) groups is 2. The van der Waals surface area contributed by atoms with Gasteiger partial charge in [-0.05, 0) is 43.4 Å². The van der Waals surface area contributed by atoms with Crippen LogP contribution in [-0.4, -0.2) is 43.5 Å². The average Bonchev–Trinajstić information content (AvgIpc) is 2.57. The predicted molar refractivity (Wildman–Crippen MR) is 93.0 cm³/mol. The zero-order chi connectivity index (χ0) is 18.2. The largest absolute Gasteiger partial charge is 0.492 e. The van der Waals surface area contributed by atoms with Gasteiger partial charge in [0.25, 0.3) is 5.91 Å². The molecule has 0 aliphatic heterocycles. The third-order valence-electron chi connectivity index (χ3n) is 3.44. The number of halogens is 1. The molecule has 0 aromatic heterocycles. The highest BCUT2D eigenvalue weighted by atomic mass is 19.1. The van der Waals surface area contributed by atoms with Gasteiger partial charge >= 0.3 is 0 Å². The molecule has 2 aromatic carbocycles. The second kappa shape index (κ2) is 8.79. The summed E-state index contributed by atoms with van der Waals surface area (Å²) in [5, 5.41) is 2.67. The lowest BCUT2D eigenvalue weighted by molar-refractivity contribution is -0.117. The number of amides is 2. The van der Waals surface area contributed by atoms with Gasteiger partial charge in [-0.25, -0.2) is 4.39 Å². The second-order valence-corrected chi connectivity index (χ2v) is 5.50. The molecule has 0 saturated carbocycles. The summed E-state index contributed by atoms with van der Waals surface area (Å²) in [6, 6.07) is 12.3. The Bertz CT molecular complexity index is 735. The van der Waals surface area contributed by atoms with Crippen molar-refractivity contribution < 1.29 is 18.7 Å². The summed E-state index contributed by atoms with van der Waals surface area (Å²) in [4.78, 5) is 25.2. The summed E-state index contributed by atoms with van der Waals surface area (Å²) in [6.45, 7) is 0.982. The number of para-hydroxylation sites is 1. The minimum absolute atomic E-state index is 0.125. The highest BCUT2D eigenvalue weighted by Gasteiger charge is 2.12. The third kappa shape index (κ3) is 5.89. The molecule has 0 heterocycles. The van der Waals surface area contributed by atoms with Crippen LogP contribution in [0.25, 0.3) is 0 Å². The van der Waals surface area contributed by atoms with Crippen LogP contribution in [-0.2, 0) is 4.79 Å². The normalized spacial score (nSPS) is 10.5. The Labute approximate surface area is 145 Å². The van der Waals surface area contributed by atoms with Crippen LogP contribution in [0.4, 0.5) is 10.1 Å². The van der Waals surface area contributed by atoms with Crippen LogP contribution < -0.4 is 15.8 Å². The van der Waals surface area contributed by atoms with E-state index in [0.717, 1.165) is 0 Å². The standard InChI is InChI=1S/C18H20FN3O3/c1-22(10-11-25-14-8-6-13(19)7-9-14)12-17(23)21-16-5-3-2-4-15(16)18(20)24/h2-9H,10-12H2,1H3,(H2,20,24)(H,21,23). The molecule has 0 radical (unpaired) electrons. The maximum atomic E-state index is 12.8. The van der Waals surface area contributed by atoms with Crippen molar-refractivity contribution in [2.75, 3.05) is 32.1 Å². The molecule has 132 valence electrons. The molecule has 0 bridgehead atoms. The minimum atomic E-state index is -0.600. The van der Waals surface area contributed by atoms with E-state index >= 15 is 0 Å². The molecule has 0 unspecified atom stereocenters. The van der Waals surface area contributed by atoms with Gasteiger partial charge in [-0.2, -0.15) is 0 Å². The molecular formula is C18H20FN3O3. The van der Waals surface area contributed by atoms with Crippen molar-refractivity contribution in [3.63, 3.8) is 0 Å². The van der Waals surface area contributed by atoms with Crippen LogP contribution >= 0.6 is 0 Å². The Morgan fingerprint density at radius 2 is 1.84 bits per heavy atom. The average molecular weight is 345 g/mol. The van der Waals surface area contributed by atoms with Gasteiger partial charge in [0.1, 0.15) is 18.2 Å². The molecule has 2 amide bonds.